The topological polar surface area (TPSA) is 37.8 Å². The third-order valence-electron chi connectivity index (χ3n) is 2.74. The summed E-state index contributed by atoms with van der Waals surface area (Å²) in [5.74, 6) is 3.59. The van der Waals surface area contributed by atoms with Gasteiger partial charge in [0.25, 0.3) is 0 Å². The molecule has 1 rings (SSSR count). The van der Waals surface area contributed by atoms with Crippen molar-refractivity contribution >= 4 is 17.7 Å². The Morgan fingerprint density at radius 2 is 2.00 bits per heavy atom. The molecule has 4 heteroatoms. The lowest BCUT2D eigenvalue weighted by molar-refractivity contribution is 0.747. The number of aryl methyl sites for hydroxylation is 1. The largest absolute Gasteiger partial charge is 0.352 e. The van der Waals surface area contributed by atoms with E-state index in [9.17, 15) is 0 Å². The first kappa shape index (κ1) is 15.3. The zero-order valence-corrected chi connectivity index (χ0v) is 13.0. The van der Waals surface area contributed by atoms with E-state index in [0.717, 1.165) is 23.8 Å². The number of thioether (sulfide) groups is 1. The number of anilines is 1. The van der Waals surface area contributed by atoms with Crippen molar-refractivity contribution < 1.29 is 0 Å². The van der Waals surface area contributed by atoms with Gasteiger partial charge in [0.15, 0.2) is 0 Å². The number of hydrogen-bond acceptors (Lipinski definition) is 4. The highest BCUT2D eigenvalue weighted by atomic mass is 32.2. The molecule has 0 aliphatic heterocycles. The van der Waals surface area contributed by atoms with E-state index < -0.39 is 0 Å². The number of nitrogens with zero attached hydrogens (tertiary/aromatic N) is 2. The maximum absolute atomic E-state index is 4.57. The molecular formula is C14H25N3S. The van der Waals surface area contributed by atoms with Crippen molar-refractivity contribution in [2.45, 2.75) is 53.0 Å². The first-order valence-corrected chi connectivity index (χ1v) is 7.88. The molecule has 1 heterocycles. The molecule has 0 aliphatic carbocycles. The highest BCUT2D eigenvalue weighted by Gasteiger charge is 2.08. The van der Waals surface area contributed by atoms with E-state index in [-0.39, 0.29) is 0 Å². The highest BCUT2D eigenvalue weighted by Crippen LogP contribution is 2.15. The molecule has 1 unspecified atom stereocenters. The van der Waals surface area contributed by atoms with Gasteiger partial charge in [-0.25, -0.2) is 9.97 Å². The van der Waals surface area contributed by atoms with Gasteiger partial charge in [0.1, 0.15) is 0 Å². The molecule has 1 N–H and O–H groups in total. The lowest BCUT2D eigenvalue weighted by Crippen LogP contribution is -2.18. The maximum Gasteiger partial charge on any atom is 0.223 e. The standard InChI is InChI=1S/C14H25N3S/c1-6-18-8-7-11(4)15-14-16-12(5)9-13(17-14)10(2)3/h9-11H,6-8H2,1-5H3,(H,15,16,17). The van der Waals surface area contributed by atoms with Crippen LogP contribution in [0.3, 0.4) is 0 Å². The fraction of sp³-hybridized carbons (Fsp3) is 0.714. The van der Waals surface area contributed by atoms with Crippen molar-refractivity contribution in [1.29, 1.82) is 0 Å². The first-order valence-electron chi connectivity index (χ1n) is 6.72. The van der Waals surface area contributed by atoms with Gasteiger partial charge in [-0.3, -0.25) is 0 Å². The minimum absolute atomic E-state index is 0.422. The van der Waals surface area contributed by atoms with Crippen LogP contribution in [0.15, 0.2) is 6.07 Å². The van der Waals surface area contributed by atoms with Gasteiger partial charge >= 0.3 is 0 Å². The molecule has 1 aromatic rings. The van der Waals surface area contributed by atoms with Crippen LogP contribution in [-0.2, 0) is 0 Å². The van der Waals surface area contributed by atoms with Gasteiger partial charge in [-0.05, 0) is 43.8 Å². The molecule has 1 aromatic heterocycles. The van der Waals surface area contributed by atoms with Crippen LogP contribution in [0.25, 0.3) is 0 Å². The van der Waals surface area contributed by atoms with Crippen molar-refractivity contribution in [3.8, 4) is 0 Å². The van der Waals surface area contributed by atoms with E-state index in [1.165, 1.54) is 11.5 Å². The van der Waals surface area contributed by atoms with Gasteiger partial charge < -0.3 is 5.32 Å². The third-order valence-corrected chi connectivity index (χ3v) is 3.67. The van der Waals surface area contributed by atoms with Crippen LogP contribution in [0.2, 0.25) is 0 Å². The second-order valence-electron chi connectivity index (χ2n) is 4.94. The van der Waals surface area contributed by atoms with Crippen molar-refractivity contribution in [3.05, 3.63) is 17.5 Å². The van der Waals surface area contributed by atoms with E-state index in [1.807, 2.05) is 18.7 Å². The van der Waals surface area contributed by atoms with Gasteiger partial charge in [-0.2, -0.15) is 11.8 Å². The average molecular weight is 267 g/mol. The summed E-state index contributed by atoms with van der Waals surface area (Å²) < 4.78 is 0. The van der Waals surface area contributed by atoms with Gasteiger partial charge in [-0.15, -0.1) is 0 Å². The maximum atomic E-state index is 4.57. The summed E-state index contributed by atoms with van der Waals surface area (Å²) in [7, 11) is 0. The predicted octanol–water partition coefficient (Wildman–Crippen LogP) is 3.85. The lowest BCUT2D eigenvalue weighted by atomic mass is 10.1. The fourth-order valence-electron chi connectivity index (χ4n) is 1.65. The molecule has 102 valence electrons. The van der Waals surface area contributed by atoms with Crippen LogP contribution in [0, 0.1) is 6.92 Å². The molecule has 0 saturated carbocycles. The Morgan fingerprint density at radius 1 is 1.28 bits per heavy atom. The molecule has 0 saturated heterocycles. The summed E-state index contributed by atoms with van der Waals surface area (Å²) in [6.45, 7) is 10.7. The number of hydrogen-bond donors (Lipinski definition) is 1. The minimum atomic E-state index is 0.422. The Bertz CT molecular complexity index is 366. The van der Waals surface area contributed by atoms with Crippen LogP contribution in [-0.4, -0.2) is 27.5 Å². The first-order chi connectivity index (χ1) is 8.52. The Labute approximate surface area is 115 Å². The van der Waals surface area contributed by atoms with Crippen LogP contribution in [0.5, 0.6) is 0 Å². The summed E-state index contributed by atoms with van der Waals surface area (Å²) in [4.78, 5) is 9.03. The van der Waals surface area contributed by atoms with E-state index >= 15 is 0 Å². The van der Waals surface area contributed by atoms with Crippen LogP contribution in [0.4, 0.5) is 5.95 Å². The van der Waals surface area contributed by atoms with Crippen LogP contribution < -0.4 is 5.32 Å². The molecular weight excluding hydrogens is 242 g/mol. The predicted molar refractivity (Wildman–Crippen MR) is 81.6 cm³/mol. The molecule has 0 aromatic carbocycles. The van der Waals surface area contributed by atoms with E-state index in [1.54, 1.807) is 0 Å². The van der Waals surface area contributed by atoms with Crippen molar-refractivity contribution in [3.63, 3.8) is 0 Å². The molecule has 0 bridgehead atoms. The molecule has 0 fully saturated rings. The van der Waals surface area contributed by atoms with E-state index in [0.29, 0.717) is 12.0 Å². The lowest BCUT2D eigenvalue weighted by Gasteiger charge is -2.15. The summed E-state index contributed by atoms with van der Waals surface area (Å²) in [5, 5.41) is 3.40. The normalized spacial score (nSPS) is 12.8. The Morgan fingerprint density at radius 3 is 2.61 bits per heavy atom. The zero-order valence-electron chi connectivity index (χ0n) is 12.2. The fourth-order valence-corrected chi connectivity index (χ4v) is 2.46. The van der Waals surface area contributed by atoms with Gasteiger partial charge in [-0.1, -0.05) is 20.8 Å². The monoisotopic (exact) mass is 267 g/mol. The number of nitrogens with one attached hydrogen (secondary N) is 1. The molecule has 0 aliphatic rings. The second-order valence-corrected chi connectivity index (χ2v) is 6.34. The van der Waals surface area contributed by atoms with E-state index in [2.05, 4.69) is 49.0 Å². The minimum Gasteiger partial charge on any atom is -0.352 e. The van der Waals surface area contributed by atoms with Gasteiger partial charge in [0.2, 0.25) is 5.95 Å². The van der Waals surface area contributed by atoms with E-state index in [4.69, 9.17) is 0 Å². The Balaban J connectivity index is 2.60. The zero-order chi connectivity index (χ0) is 13.5. The quantitative estimate of drug-likeness (QED) is 0.761. The average Bonchev–Trinajstić information content (AvgIpc) is 2.28. The summed E-state index contributed by atoms with van der Waals surface area (Å²) in [5.41, 5.74) is 2.14. The second kappa shape index (κ2) is 7.62. The molecule has 18 heavy (non-hydrogen) atoms. The number of aromatic nitrogens is 2. The third kappa shape index (κ3) is 5.25. The van der Waals surface area contributed by atoms with Crippen LogP contribution in [0.1, 0.15) is 51.4 Å². The van der Waals surface area contributed by atoms with Crippen LogP contribution >= 0.6 is 11.8 Å². The molecule has 0 amide bonds. The highest BCUT2D eigenvalue weighted by molar-refractivity contribution is 7.99. The smallest absolute Gasteiger partial charge is 0.223 e. The Kier molecular flexibility index (Phi) is 6.47. The van der Waals surface area contributed by atoms with Gasteiger partial charge in [0.05, 0.1) is 0 Å². The summed E-state index contributed by atoms with van der Waals surface area (Å²) in [6.07, 6.45) is 1.15. The SMILES string of the molecule is CCSCCC(C)Nc1nc(C)cc(C(C)C)n1. The summed E-state index contributed by atoms with van der Waals surface area (Å²) >= 11 is 1.98. The van der Waals surface area contributed by atoms with Crippen molar-refractivity contribution in [2.75, 3.05) is 16.8 Å². The molecule has 1 atom stereocenters. The Hall–Kier alpha value is -0.770. The van der Waals surface area contributed by atoms with Crippen molar-refractivity contribution in [2.24, 2.45) is 0 Å². The number of rotatable bonds is 7. The molecule has 0 radical (unpaired) electrons. The molecule has 0 spiro atoms. The van der Waals surface area contributed by atoms with Crippen molar-refractivity contribution in [1.82, 2.24) is 9.97 Å². The molecule has 3 nitrogen and oxygen atoms in total. The van der Waals surface area contributed by atoms with Gasteiger partial charge in [0, 0.05) is 17.4 Å². The summed E-state index contributed by atoms with van der Waals surface area (Å²) in [6, 6.07) is 2.49.